The van der Waals surface area contributed by atoms with Crippen LogP contribution in [0.15, 0.2) is 24.3 Å². The number of carbonyl (C=O) groups excluding carboxylic acids is 1. The van der Waals surface area contributed by atoms with Crippen LogP contribution < -0.4 is 10.2 Å². The Hall–Kier alpha value is -2.24. The van der Waals surface area contributed by atoms with E-state index >= 15 is 0 Å². The molecule has 0 aliphatic carbocycles. The zero-order chi connectivity index (χ0) is 16.5. The zero-order valence-electron chi connectivity index (χ0n) is 13.5. The topological polar surface area (TPSA) is 72.9 Å². The van der Waals surface area contributed by atoms with Crippen molar-refractivity contribution in [3.8, 4) is 0 Å². The van der Waals surface area contributed by atoms with Crippen molar-refractivity contribution >= 4 is 17.7 Å². The number of aryl methyl sites for hydroxylation is 1. The minimum atomic E-state index is -0.906. The number of hydrogen-bond acceptors (Lipinski definition) is 3. The zero-order valence-corrected chi connectivity index (χ0v) is 13.5. The number of urea groups is 1. The quantitative estimate of drug-likeness (QED) is 0.770. The lowest BCUT2D eigenvalue weighted by Crippen LogP contribution is -2.42. The van der Waals surface area contributed by atoms with E-state index in [1.165, 1.54) is 10.5 Å². The molecule has 0 aliphatic heterocycles. The van der Waals surface area contributed by atoms with Crippen LogP contribution in [-0.4, -0.2) is 55.2 Å². The van der Waals surface area contributed by atoms with Gasteiger partial charge in [0.1, 0.15) is 0 Å². The van der Waals surface area contributed by atoms with E-state index in [1.54, 1.807) is 7.05 Å². The summed E-state index contributed by atoms with van der Waals surface area (Å²) in [7, 11) is 1.59. The lowest BCUT2D eigenvalue weighted by Gasteiger charge is -2.24. The van der Waals surface area contributed by atoms with Crippen LogP contribution in [-0.2, 0) is 4.79 Å². The van der Waals surface area contributed by atoms with Gasteiger partial charge in [0, 0.05) is 38.9 Å². The largest absolute Gasteiger partial charge is 0.481 e. The second-order valence-corrected chi connectivity index (χ2v) is 5.22. The van der Waals surface area contributed by atoms with Crippen molar-refractivity contribution in [2.75, 3.05) is 38.1 Å². The van der Waals surface area contributed by atoms with E-state index in [4.69, 9.17) is 5.11 Å². The third-order valence-corrected chi connectivity index (χ3v) is 3.41. The van der Waals surface area contributed by atoms with Crippen molar-refractivity contribution in [2.24, 2.45) is 0 Å². The molecule has 2 amide bonds. The number of hydrogen-bond donors (Lipinski definition) is 2. The molecule has 1 rings (SSSR count). The smallest absolute Gasteiger partial charge is 0.317 e. The second kappa shape index (κ2) is 8.92. The predicted molar refractivity (Wildman–Crippen MR) is 87.3 cm³/mol. The summed E-state index contributed by atoms with van der Waals surface area (Å²) < 4.78 is 0. The molecule has 0 atom stereocenters. The molecule has 0 aromatic heterocycles. The highest BCUT2D eigenvalue weighted by Gasteiger charge is 2.10. The van der Waals surface area contributed by atoms with Crippen molar-refractivity contribution in [2.45, 2.75) is 20.3 Å². The van der Waals surface area contributed by atoms with E-state index in [9.17, 15) is 9.59 Å². The van der Waals surface area contributed by atoms with Crippen LogP contribution in [0.5, 0.6) is 0 Å². The SMILES string of the molecule is CCN(CCNC(=O)N(C)CCC(=O)O)c1cccc(C)c1. The fraction of sp³-hybridized carbons (Fsp3) is 0.500. The molecule has 1 aromatic rings. The van der Waals surface area contributed by atoms with Gasteiger partial charge < -0.3 is 20.2 Å². The van der Waals surface area contributed by atoms with E-state index in [1.807, 2.05) is 6.07 Å². The maximum atomic E-state index is 11.8. The molecule has 1 aromatic carbocycles. The number of nitrogens with zero attached hydrogens (tertiary/aromatic N) is 2. The number of nitrogens with one attached hydrogen (secondary N) is 1. The summed E-state index contributed by atoms with van der Waals surface area (Å²) >= 11 is 0. The van der Waals surface area contributed by atoms with Gasteiger partial charge in [0.05, 0.1) is 6.42 Å². The van der Waals surface area contributed by atoms with E-state index < -0.39 is 5.97 Å². The highest BCUT2D eigenvalue weighted by atomic mass is 16.4. The molecule has 0 saturated carbocycles. The molecule has 6 heteroatoms. The number of likely N-dealkylation sites (N-methyl/N-ethyl adjacent to an activating group) is 1. The highest BCUT2D eigenvalue weighted by Crippen LogP contribution is 2.14. The Morgan fingerprint density at radius 3 is 2.59 bits per heavy atom. The van der Waals surface area contributed by atoms with Gasteiger partial charge in [-0.1, -0.05) is 12.1 Å². The van der Waals surface area contributed by atoms with Gasteiger partial charge in [0.25, 0.3) is 0 Å². The molecule has 0 radical (unpaired) electrons. The van der Waals surface area contributed by atoms with Crippen LogP contribution in [0.4, 0.5) is 10.5 Å². The minimum Gasteiger partial charge on any atom is -0.481 e. The number of anilines is 1. The van der Waals surface area contributed by atoms with Gasteiger partial charge in [-0.15, -0.1) is 0 Å². The van der Waals surface area contributed by atoms with Gasteiger partial charge in [0.15, 0.2) is 0 Å². The van der Waals surface area contributed by atoms with Gasteiger partial charge in [0.2, 0.25) is 0 Å². The first-order valence-electron chi connectivity index (χ1n) is 7.46. The number of carboxylic acid groups (broad SMARTS) is 1. The second-order valence-electron chi connectivity index (χ2n) is 5.22. The van der Waals surface area contributed by atoms with Crippen molar-refractivity contribution in [3.63, 3.8) is 0 Å². The summed E-state index contributed by atoms with van der Waals surface area (Å²) in [4.78, 5) is 25.9. The number of benzene rings is 1. The molecule has 0 heterocycles. The number of carboxylic acids is 1. The summed E-state index contributed by atoms with van der Waals surface area (Å²) in [5.41, 5.74) is 2.34. The lowest BCUT2D eigenvalue weighted by atomic mass is 10.2. The van der Waals surface area contributed by atoms with Crippen LogP contribution in [0.2, 0.25) is 0 Å². The number of aliphatic carboxylic acids is 1. The van der Waals surface area contributed by atoms with Crippen LogP contribution >= 0.6 is 0 Å². The predicted octanol–water partition coefficient (Wildman–Crippen LogP) is 1.94. The number of rotatable bonds is 8. The fourth-order valence-electron chi connectivity index (χ4n) is 2.09. The highest BCUT2D eigenvalue weighted by molar-refractivity contribution is 5.75. The minimum absolute atomic E-state index is 0.0473. The van der Waals surface area contributed by atoms with Crippen LogP contribution in [0.3, 0.4) is 0 Å². The summed E-state index contributed by atoms with van der Waals surface area (Å²) in [5, 5.41) is 11.4. The number of amides is 2. The third kappa shape index (κ3) is 6.03. The first-order valence-corrected chi connectivity index (χ1v) is 7.46. The monoisotopic (exact) mass is 307 g/mol. The molecule has 0 aliphatic rings. The average molecular weight is 307 g/mol. The first kappa shape index (κ1) is 17.8. The van der Waals surface area contributed by atoms with Gasteiger partial charge >= 0.3 is 12.0 Å². The van der Waals surface area contributed by atoms with Gasteiger partial charge in [-0.05, 0) is 31.5 Å². The molecule has 2 N–H and O–H groups in total. The molecular formula is C16H25N3O3. The normalized spacial score (nSPS) is 10.1. The molecule has 6 nitrogen and oxygen atoms in total. The Balaban J connectivity index is 2.41. The molecule has 0 unspecified atom stereocenters. The van der Waals surface area contributed by atoms with E-state index in [0.717, 1.165) is 12.2 Å². The standard InChI is InChI=1S/C16H25N3O3/c1-4-19(14-7-5-6-13(2)12-14)11-9-17-16(22)18(3)10-8-15(20)21/h5-7,12H,4,8-11H2,1-3H3,(H,17,22)(H,20,21). The summed E-state index contributed by atoms with van der Waals surface area (Å²) in [5.74, 6) is -0.906. The number of carbonyl (C=O) groups is 2. The van der Waals surface area contributed by atoms with Crippen LogP contribution in [0, 0.1) is 6.92 Å². The van der Waals surface area contributed by atoms with Crippen molar-refractivity contribution < 1.29 is 14.7 Å². The average Bonchev–Trinajstić information content (AvgIpc) is 2.48. The Morgan fingerprint density at radius 2 is 2.00 bits per heavy atom. The van der Waals surface area contributed by atoms with E-state index in [-0.39, 0.29) is 19.0 Å². The maximum Gasteiger partial charge on any atom is 0.317 e. The van der Waals surface area contributed by atoms with Crippen molar-refractivity contribution in [1.82, 2.24) is 10.2 Å². The summed E-state index contributed by atoms with van der Waals surface area (Å²) in [6.45, 7) is 6.40. The Morgan fingerprint density at radius 1 is 1.27 bits per heavy atom. The Kier molecular flexibility index (Phi) is 7.22. The lowest BCUT2D eigenvalue weighted by molar-refractivity contribution is -0.137. The van der Waals surface area contributed by atoms with E-state index in [2.05, 4.69) is 42.3 Å². The molecule has 0 fully saturated rings. The summed E-state index contributed by atoms with van der Waals surface area (Å²) in [6.07, 6.45) is -0.0473. The Labute approximate surface area is 131 Å². The van der Waals surface area contributed by atoms with Gasteiger partial charge in [-0.25, -0.2) is 4.79 Å². The third-order valence-electron chi connectivity index (χ3n) is 3.41. The molecule has 0 saturated heterocycles. The van der Waals surface area contributed by atoms with Crippen LogP contribution in [0.1, 0.15) is 18.9 Å². The maximum absolute atomic E-state index is 11.8. The molecule has 122 valence electrons. The molecular weight excluding hydrogens is 282 g/mol. The fourth-order valence-corrected chi connectivity index (χ4v) is 2.09. The van der Waals surface area contributed by atoms with E-state index in [0.29, 0.717) is 13.1 Å². The summed E-state index contributed by atoms with van der Waals surface area (Å²) in [6, 6.07) is 7.99. The van der Waals surface area contributed by atoms with Gasteiger partial charge in [-0.2, -0.15) is 0 Å². The molecule has 22 heavy (non-hydrogen) atoms. The van der Waals surface area contributed by atoms with Crippen molar-refractivity contribution in [1.29, 1.82) is 0 Å². The van der Waals surface area contributed by atoms with Gasteiger partial charge in [-0.3, -0.25) is 4.79 Å². The Bertz CT molecular complexity index is 505. The van der Waals surface area contributed by atoms with Crippen molar-refractivity contribution in [3.05, 3.63) is 29.8 Å². The van der Waals surface area contributed by atoms with Crippen LogP contribution in [0.25, 0.3) is 0 Å². The first-order chi connectivity index (χ1) is 10.4. The molecule has 0 spiro atoms. The molecule has 0 bridgehead atoms.